The molecule has 0 spiro atoms. The molecule has 0 aliphatic carbocycles. The van der Waals surface area contributed by atoms with Crippen molar-refractivity contribution in [2.24, 2.45) is 11.8 Å². The van der Waals surface area contributed by atoms with Gasteiger partial charge in [0, 0.05) is 30.9 Å². The van der Waals surface area contributed by atoms with E-state index in [9.17, 15) is 13.6 Å². The molecule has 154 valence electrons. The minimum absolute atomic E-state index is 0.0233. The van der Waals surface area contributed by atoms with Crippen LogP contribution in [0.4, 0.5) is 8.78 Å². The van der Waals surface area contributed by atoms with Crippen LogP contribution < -0.4 is 0 Å². The summed E-state index contributed by atoms with van der Waals surface area (Å²) in [5, 5.41) is 0. The van der Waals surface area contributed by atoms with Crippen molar-refractivity contribution >= 4 is 5.91 Å². The van der Waals surface area contributed by atoms with Crippen LogP contribution >= 0.6 is 0 Å². The highest BCUT2D eigenvalue weighted by molar-refractivity contribution is 5.92. The number of aryl methyl sites for hydroxylation is 1. The standard InChI is InChI=1S/C23H27F2N3O/c1-16-4-2-7-21(26-16)23(29)28-13-10-18(15-28)17-8-11-27(12-9-17)14-19-5-3-6-20(24)22(19)25/h2-7,17-18H,8-15H2,1H3/t18-/m1/s1. The molecule has 2 aromatic rings. The number of halogens is 2. The molecular formula is C23H27F2N3O. The Morgan fingerprint density at radius 1 is 1.03 bits per heavy atom. The molecule has 2 saturated heterocycles. The number of hydrogen-bond donors (Lipinski definition) is 0. The van der Waals surface area contributed by atoms with Crippen LogP contribution in [0, 0.1) is 30.4 Å². The van der Waals surface area contributed by atoms with Crippen LogP contribution in [0.1, 0.15) is 41.0 Å². The van der Waals surface area contributed by atoms with Gasteiger partial charge in [-0.15, -0.1) is 0 Å². The summed E-state index contributed by atoms with van der Waals surface area (Å²) in [6, 6.07) is 9.93. The summed E-state index contributed by atoms with van der Waals surface area (Å²) >= 11 is 0. The molecule has 2 fully saturated rings. The summed E-state index contributed by atoms with van der Waals surface area (Å²) in [4.78, 5) is 21.2. The van der Waals surface area contributed by atoms with Gasteiger partial charge in [0.2, 0.25) is 0 Å². The van der Waals surface area contributed by atoms with Crippen LogP contribution in [-0.2, 0) is 6.54 Å². The van der Waals surface area contributed by atoms with Crippen molar-refractivity contribution in [3.63, 3.8) is 0 Å². The van der Waals surface area contributed by atoms with E-state index in [0.717, 1.165) is 57.2 Å². The molecule has 3 heterocycles. The van der Waals surface area contributed by atoms with Crippen LogP contribution in [-0.4, -0.2) is 46.9 Å². The van der Waals surface area contributed by atoms with E-state index in [1.54, 1.807) is 18.2 Å². The monoisotopic (exact) mass is 399 g/mol. The van der Waals surface area contributed by atoms with E-state index in [1.165, 1.54) is 0 Å². The lowest BCUT2D eigenvalue weighted by atomic mass is 9.83. The number of rotatable bonds is 4. The average molecular weight is 399 g/mol. The smallest absolute Gasteiger partial charge is 0.272 e. The predicted octanol–water partition coefficient (Wildman–Crippen LogP) is 4.04. The second kappa shape index (κ2) is 8.57. The number of aromatic nitrogens is 1. The minimum atomic E-state index is -0.781. The Hall–Kier alpha value is -2.34. The molecule has 1 atom stereocenters. The summed E-state index contributed by atoms with van der Waals surface area (Å²) in [5.41, 5.74) is 1.80. The molecule has 1 aromatic heterocycles. The number of benzene rings is 1. The Morgan fingerprint density at radius 2 is 1.76 bits per heavy atom. The zero-order valence-electron chi connectivity index (χ0n) is 16.8. The molecule has 1 amide bonds. The Labute approximate surface area is 170 Å². The molecule has 2 aliphatic heterocycles. The quantitative estimate of drug-likeness (QED) is 0.779. The fourth-order valence-electron chi connectivity index (χ4n) is 4.67. The molecule has 29 heavy (non-hydrogen) atoms. The molecule has 2 aliphatic rings. The summed E-state index contributed by atoms with van der Waals surface area (Å²) in [6.07, 6.45) is 3.10. The third-order valence-corrected chi connectivity index (χ3v) is 6.34. The average Bonchev–Trinajstić information content (AvgIpc) is 3.22. The molecule has 4 rings (SSSR count). The number of pyridine rings is 1. The van der Waals surface area contributed by atoms with Crippen LogP contribution in [0.2, 0.25) is 0 Å². The molecule has 4 nitrogen and oxygen atoms in total. The van der Waals surface area contributed by atoms with Gasteiger partial charge in [-0.2, -0.15) is 0 Å². The molecule has 6 heteroatoms. The van der Waals surface area contributed by atoms with Crippen LogP contribution in [0.15, 0.2) is 36.4 Å². The van der Waals surface area contributed by atoms with Crippen LogP contribution in [0.25, 0.3) is 0 Å². The van der Waals surface area contributed by atoms with Gasteiger partial charge in [-0.1, -0.05) is 18.2 Å². The molecular weight excluding hydrogens is 372 g/mol. The fourth-order valence-corrected chi connectivity index (χ4v) is 4.67. The van der Waals surface area contributed by atoms with Crippen molar-refractivity contribution in [2.75, 3.05) is 26.2 Å². The van der Waals surface area contributed by atoms with Crippen molar-refractivity contribution in [3.8, 4) is 0 Å². The van der Waals surface area contributed by atoms with Gasteiger partial charge >= 0.3 is 0 Å². The normalized spacial score (nSPS) is 20.9. The topological polar surface area (TPSA) is 36.4 Å². The van der Waals surface area contributed by atoms with Gasteiger partial charge in [0.05, 0.1) is 0 Å². The van der Waals surface area contributed by atoms with Crippen molar-refractivity contribution < 1.29 is 13.6 Å². The lowest BCUT2D eigenvalue weighted by molar-refractivity contribution is 0.0767. The second-order valence-electron chi connectivity index (χ2n) is 8.29. The van der Waals surface area contributed by atoms with Gasteiger partial charge in [0.25, 0.3) is 5.91 Å². The molecule has 0 unspecified atom stereocenters. The van der Waals surface area contributed by atoms with Crippen LogP contribution in [0.5, 0.6) is 0 Å². The third kappa shape index (κ3) is 4.47. The molecule has 1 aromatic carbocycles. The maximum Gasteiger partial charge on any atom is 0.272 e. The fraction of sp³-hybridized carbons (Fsp3) is 0.478. The second-order valence-corrected chi connectivity index (χ2v) is 8.29. The van der Waals surface area contributed by atoms with E-state index >= 15 is 0 Å². The Balaban J connectivity index is 1.29. The number of nitrogens with zero attached hydrogens (tertiary/aromatic N) is 3. The highest BCUT2D eigenvalue weighted by Gasteiger charge is 2.34. The van der Waals surface area contributed by atoms with Crippen molar-refractivity contribution in [1.82, 2.24) is 14.8 Å². The van der Waals surface area contributed by atoms with Gasteiger partial charge < -0.3 is 4.90 Å². The first-order valence-corrected chi connectivity index (χ1v) is 10.4. The summed E-state index contributed by atoms with van der Waals surface area (Å²) in [7, 11) is 0. The largest absolute Gasteiger partial charge is 0.337 e. The van der Waals surface area contributed by atoms with Crippen molar-refractivity contribution in [1.29, 1.82) is 0 Å². The zero-order valence-corrected chi connectivity index (χ0v) is 16.8. The lowest BCUT2D eigenvalue weighted by Crippen LogP contribution is -2.37. The van der Waals surface area contributed by atoms with E-state index < -0.39 is 11.6 Å². The first kappa shape index (κ1) is 20.0. The van der Waals surface area contributed by atoms with E-state index in [2.05, 4.69) is 9.88 Å². The van der Waals surface area contributed by atoms with Gasteiger partial charge in [0.15, 0.2) is 11.6 Å². The van der Waals surface area contributed by atoms with E-state index in [-0.39, 0.29) is 5.91 Å². The number of carbonyl (C=O) groups excluding carboxylic acids is 1. The van der Waals surface area contributed by atoms with Gasteiger partial charge in [0.1, 0.15) is 5.69 Å². The number of piperidine rings is 1. The van der Waals surface area contributed by atoms with Gasteiger partial charge in [-0.05, 0) is 69.3 Å². The highest BCUT2D eigenvalue weighted by atomic mass is 19.2. The Bertz CT molecular complexity index is 880. The van der Waals surface area contributed by atoms with Gasteiger partial charge in [-0.25, -0.2) is 13.8 Å². The highest BCUT2D eigenvalue weighted by Crippen LogP contribution is 2.33. The minimum Gasteiger partial charge on any atom is -0.337 e. The molecule has 0 saturated carbocycles. The Morgan fingerprint density at radius 3 is 2.52 bits per heavy atom. The molecule has 0 bridgehead atoms. The summed E-state index contributed by atoms with van der Waals surface area (Å²) in [6.45, 7) is 5.68. The lowest BCUT2D eigenvalue weighted by Gasteiger charge is -2.35. The van der Waals surface area contributed by atoms with E-state index in [0.29, 0.717) is 29.6 Å². The predicted molar refractivity (Wildman–Crippen MR) is 107 cm³/mol. The van der Waals surface area contributed by atoms with Crippen molar-refractivity contribution in [2.45, 2.75) is 32.7 Å². The van der Waals surface area contributed by atoms with E-state index in [4.69, 9.17) is 0 Å². The Kier molecular flexibility index (Phi) is 5.90. The first-order chi connectivity index (χ1) is 14.0. The number of likely N-dealkylation sites (tertiary alicyclic amines) is 2. The van der Waals surface area contributed by atoms with Crippen LogP contribution in [0.3, 0.4) is 0 Å². The van der Waals surface area contributed by atoms with Gasteiger partial charge in [-0.3, -0.25) is 9.69 Å². The maximum absolute atomic E-state index is 13.9. The zero-order chi connectivity index (χ0) is 20.4. The molecule has 0 N–H and O–H groups in total. The maximum atomic E-state index is 13.9. The number of hydrogen-bond acceptors (Lipinski definition) is 3. The number of carbonyl (C=O) groups is 1. The van der Waals surface area contributed by atoms with E-state index in [1.807, 2.05) is 24.0 Å². The third-order valence-electron chi connectivity index (χ3n) is 6.34. The van der Waals surface area contributed by atoms with Crippen molar-refractivity contribution in [3.05, 3.63) is 65.0 Å². The summed E-state index contributed by atoms with van der Waals surface area (Å²) in [5.74, 6) is -0.403. The SMILES string of the molecule is Cc1cccc(C(=O)N2CC[C@@H](C3CCN(Cc4cccc(F)c4F)CC3)C2)n1. The number of amides is 1. The molecule has 0 radical (unpaired) electrons. The summed E-state index contributed by atoms with van der Waals surface area (Å²) < 4.78 is 27.3. The first-order valence-electron chi connectivity index (χ1n) is 10.4.